The van der Waals surface area contributed by atoms with Crippen LogP contribution in [0.2, 0.25) is 5.02 Å². The van der Waals surface area contributed by atoms with E-state index in [2.05, 4.69) is 10.2 Å². The van der Waals surface area contributed by atoms with E-state index in [1.165, 1.54) is 23.3 Å². The van der Waals surface area contributed by atoms with Crippen LogP contribution in [-0.4, -0.2) is 44.3 Å². The number of carbonyl (C=O) groups excluding carboxylic acids is 2. The lowest BCUT2D eigenvalue weighted by Crippen LogP contribution is -2.28. The van der Waals surface area contributed by atoms with Crippen LogP contribution in [0.25, 0.3) is 11.6 Å². The first-order chi connectivity index (χ1) is 14.4. The SMILES string of the molecule is CN(Cc1c(F)cccc1Cl)C(=O)CSc1nnc(-c2ccco2)n1CCC(N)=O. The van der Waals surface area contributed by atoms with E-state index in [0.717, 1.165) is 11.8 Å². The number of aromatic nitrogens is 3. The van der Waals surface area contributed by atoms with Crippen LogP contribution in [0.1, 0.15) is 12.0 Å². The quantitative estimate of drug-likeness (QED) is 0.501. The Balaban J connectivity index is 1.70. The van der Waals surface area contributed by atoms with Crippen molar-refractivity contribution in [3.05, 3.63) is 53.0 Å². The molecule has 2 aromatic heterocycles. The van der Waals surface area contributed by atoms with Crippen LogP contribution < -0.4 is 5.73 Å². The molecule has 0 radical (unpaired) electrons. The molecule has 0 spiro atoms. The maximum atomic E-state index is 14.0. The van der Waals surface area contributed by atoms with Crippen molar-refractivity contribution in [3.63, 3.8) is 0 Å². The van der Waals surface area contributed by atoms with Crippen LogP contribution in [0.4, 0.5) is 4.39 Å². The molecule has 8 nitrogen and oxygen atoms in total. The van der Waals surface area contributed by atoms with E-state index in [0.29, 0.717) is 16.7 Å². The lowest BCUT2D eigenvalue weighted by atomic mass is 10.2. The zero-order chi connectivity index (χ0) is 21.7. The van der Waals surface area contributed by atoms with E-state index >= 15 is 0 Å². The average Bonchev–Trinajstić information content (AvgIpc) is 3.36. The number of carbonyl (C=O) groups is 2. The number of nitrogens with zero attached hydrogens (tertiary/aromatic N) is 4. The number of benzene rings is 1. The minimum atomic E-state index is -0.470. The highest BCUT2D eigenvalue weighted by molar-refractivity contribution is 7.99. The number of furan rings is 1. The molecule has 0 aliphatic rings. The van der Waals surface area contributed by atoms with Crippen molar-refractivity contribution in [2.24, 2.45) is 5.73 Å². The molecular weight excluding hydrogens is 433 g/mol. The normalized spacial score (nSPS) is 10.9. The van der Waals surface area contributed by atoms with Crippen LogP contribution in [-0.2, 0) is 22.7 Å². The van der Waals surface area contributed by atoms with Crippen molar-refractivity contribution in [3.8, 4) is 11.6 Å². The zero-order valence-corrected chi connectivity index (χ0v) is 17.6. The Morgan fingerprint density at radius 3 is 2.77 bits per heavy atom. The van der Waals surface area contributed by atoms with Crippen LogP contribution in [0, 0.1) is 5.82 Å². The van der Waals surface area contributed by atoms with E-state index in [1.807, 2.05) is 0 Å². The summed E-state index contributed by atoms with van der Waals surface area (Å²) in [6, 6.07) is 7.81. The predicted octanol–water partition coefficient (Wildman–Crippen LogP) is 2.96. The highest BCUT2D eigenvalue weighted by Gasteiger charge is 2.20. The van der Waals surface area contributed by atoms with E-state index in [1.54, 1.807) is 29.8 Å². The van der Waals surface area contributed by atoms with Gasteiger partial charge in [-0.1, -0.05) is 29.4 Å². The third-order valence-corrected chi connectivity index (χ3v) is 5.55. The van der Waals surface area contributed by atoms with Crippen molar-refractivity contribution < 1.29 is 18.4 Å². The Morgan fingerprint density at radius 1 is 1.30 bits per heavy atom. The van der Waals surface area contributed by atoms with Crippen LogP contribution in [0.3, 0.4) is 0 Å². The highest BCUT2D eigenvalue weighted by Crippen LogP contribution is 2.25. The highest BCUT2D eigenvalue weighted by atomic mass is 35.5. The summed E-state index contributed by atoms with van der Waals surface area (Å²) in [6.07, 6.45) is 1.58. The summed E-state index contributed by atoms with van der Waals surface area (Å²) in [4.78, 5) is 25.2. The first-order valence-corrected chi connectivity index (χ1v) is 10.3. The lowest BCUT2D eigenvalue weighted by Gasteiger charge is -2.18. The van der Waals surface area contributed by atoms with Gasteiger partial charge in [0.05, 0.1) is 12.0 Å². The van der Waals surface area contributed by atoms with Gasteiger partial charge in [0.2, 0.25) is 11.8 Å². The van der Waals surface area contributed by atoms with Gasteiger partial charge in [-0.2, -0.15) is 0 Å². The van der Waals surface area contributed by atoms with Crippen molar-refractivity contribution in [2.45, 2.75) is 24.7 Å². The minimum Gasteiger partial charge on any atom is -0.461 e. The molecule has 30 heavy (non-hydrogen) atoms. The predicted molar refractivity (Wildman–Crippen MR) is 110 cm³/mol. The second-order valence-electron chi connectivity index (χ2n) is 6.39. The molecule has 1 aromatic carbocycles. The lowest BCUT2D eigenvalue weighted by molar-refractivity contribution is -0.127. The molecule has 0 saturated heterocycles. The van der Waals surface area contributed by atoms with Crippen LogP contribution in [0.5, 0.6) is 0 Å². The summed E-state index contributed by atoms with van der Waals surface area (Å²) in [7, 11) is 1.57. The summed E-state index contributed by atoms with van der Waals surface area (Å²) in [5.41, 5.74) is 5.52. The van der Waals surface area contributed by atoms with Gasteiger partial charge in [0, 0.05) is 37.1 Å². The molecule has 3 aromatic rings. The maximum Gasteiger partial charge on any atom is 0.233 e. The smallest absolute Gasteiger partial charge is 0.233 e. The fourth-order valence-electron chi connectivity index (χ4n) is 2.65. The molecule has 3 rings (SSSR count). The first-order valence-electron chi connectivity index (χ1n) is 8.92. The third-order valence-electron chi connectivity index (χ3n) is 4.25. The van der Waals surface area contributed by atoms with Gasteiger partial charge < -0.3 is 15.1 Å². The van der Waals surface area contributed by atoms with Gasteiger partial charge in [0.25, 0.3) is 0 Å². The number of hydrogen-bond acceptors (Lipinski definition) is 6. The first kappa shape index (κ1) is 21.8. The number of amides is 2. The maximum absolute atomic E-state index is 14.0. The number of nitrogens with two attached hydrogens (primary N) is 1. The number of halogens is 2. The summed E-state index contributed by atoms with van der Waals surface area (Å²) in [5, 5.41) is 8.91. The van der Waals surface area contributed by atoms with Crippen molar-refractivity contribution in [2.75, 3.05) is 12.8 Å². The second-order valence-corrected chi connectivity index (χ2v) is 7.74. The van der Waals surface area contributed by atoms with Gasteiger partial charge in [-0.15, -0.1) is 10.2 Å². The molecule has 0 aliphatic carbocycles. The van der Waals surface area contributed by atoms with Crippen molar-refractivity contribution >= 4 is 35.2 Å². The molecule has 0 fully saturated rings. The van der Waals surface area contributed by atoms with Gasteiger partial charge in [0.1, 0.15) is 5.82 Å². The van der Waals surface area contributed by atoms with Gasteiger partial charge in [-0.05, 0) is 24.3 Å². The molecule has 0 unspecified atom stereocenters. The Morgan fingerprint density at radius 2 is 2.10 bits per heavy atom. The monoisotopic (exact) mass is 451 g/mol. The minimum absolute atomic E-state index is 0.0371. The Hall–Kier alpha value is -2.85. The molecule has 0 bridgehead atoms. The molecule has 2 N–H and O–H groups in total. The largest absolute Gasteiger partial charge is 0.461 e. The molecule has 0 aliphatic heterocycles. The Bertz CT molecular complexity index is 1020. The van der Waals surface area contributed by atoms with Gasteiger partial charge >= 0.3 is 0 Å². The topological polar surface area (TPSA) is 107 Å². The van der Waals surface area contributed by atoms with E-state index < -0.39 is 11.7 Å². The molecule has 2 heterocycles. The fourth-order valence-corrected chi connectivity index (χ4v) is 3.78. The summed E-state index contributed by atoms with van der Waals surface area (Å²) < 4.78 is 21.0. The molecular formula is C19H19ClFN5O3S. The van der Waals surface area contributed by atoms with Crippen molar-refractivity contribution in [1.82, 2.24) is 19.7 Å². The van der Waals surface area contributed by atoms with Gasteiger partial charge in [0.15, 0.2) is 16.7 Å². The average molecular weight is 452 g/mol. The third kappa shape index (κ3) is 5.19. The number of hydrogen-bond donors (Lipinski definition) is 1. The molecule has 158 valence electrons. The number of rotatable bonds is 9. The fraction of sp³-hybridized carbons (Fsp3) is 0.263. The second kappa shape index (κ2) is 9.77. The standard InChI is InChI=1S/C19H19ClFN5O3S/c1-25(10-12-13(20)4-2-5-14(12)21)17(28)11-30-19-24-23-18(15-6-3-9-29-15)26(19)8-7-16(22)27/h2-6,9H,7-8,10-11H2,1H3,(H2,22,27). The van der Waals surface area contributed by atoms with E-state index in [9.17, 15) is 14.0 Å². The van der Waals surface area contributed by atoms with Gasteiger partial charge in [-0.3, -0.25) is 14.2 Å². The number of primary amides is 1. The summed E-state index contributed by atoms with van der Waals surface area (Å²) >= 11 is 7.18. The molecule has 0 atom stereocenters. The molecule has 11 heteroatoms. The summed E-state index contributed by atoms with van der Waals surface area (Å²) in [6.45, 7) is 0.284. The Kier molecular flexibility index (Phi) is 7.11. The summed E-state index contributed by atoms with van der Waals surface area (Å²) in [5.74, 6) is -0.232. The van der Waals surface area contributed by atoms with Crippen molar-refractivity contribution in [1.29, 1.82) is 0 Å². The molecule has 2 amide bonds. The number of thioether (sulfide) groups is 1. The van der Waals surface area contributed by atoms with Crippen LogP contribution in [0.15, 0.2) is 46.2 Å². The van der Waals surface area contributed by atoms with Crippen LogP contribution >= 0.6 is 23.4 Å². The zero-order valence-electron chi connectivity index (χ0n) is 16.0. The molecule has 0 saturated carbocycles. The van der Waals surface area contributed by atoms with E-state index in [4.69, 9.17) is 21.8 Å². The van der Waals surface area contributed by atoms with E-state index in [-0.39, 0.29) is 41.8 Å². The van der Waals surface area contributed by atoms with Gasteiger partial charge in [-0.25, -0.2) is 4.39 Å². The Labute approximate surface area is 181 Å².